The molecule has 1 aromatic heterocycles. The van der Waals surface area contributed by atoms with Crippen molar-refractivity contribution in [3.8, 4) is 0 Å². The number of hydrogen-bond acceptors (Lipinski definition) is 1. The molecule has 3 heteroatoms. The fourth-order valence-electron chi connectivity index (χ4n) is 1.38. The van der Waals surface area contributed by atoms with Crippen molar-refractivity contribution in [2.45, 2.75) is 18.8 Å². The Morgan fingerprint density at radius 3 is 3.00 bits per heavy atom. The first kappa shape index (κ1) is 6.70. The maximum Gasteiger partial charge on any atom is 0.290 e. The van der Waals surface area contributed by atoms with E-state index in [4.69, 9.17) is 0 Å². The molecule has 1 heterocycles. The minimum absolute atomic E-state index is 0.0278. The van der Waals surface area contributed by atoms with Crippen LogP contribution in [0, 0.1) is 0 Å². The number of rotatable bonds is 0. The molecule has 0 N–H and O–H groups in total. The van der Waals surface area contributed by atoms with Crippen molar-refractivity contribution >= 4 is 0 Å². The van der Waals surface area contributed by atoms with Crippen molar-refractivity contribution in [3.05, 3.63) is 29.6 Å². The number of nitrogens with zero attached hydrogens (tertiary/aromatic N) is 1. The summed E-state index contributed by atoms with van der Waals surface area (Å²) in [5, 5.41) is 0. The Kier molecular flexibility index (Phi) is 1.22. The summed E-state index contributed by atoms with van der Waals surface area (Å²) in [6.07, 6.45) is 1.79. The maximum absolute atomic E-state index is 12.9. The van der Waals surface area contributed by atoms with Crippen molar-refractivity contribution in [2.24, 2.45) is 0 Å². The lowest BCUT2D eigenvalue weighted by Crippen LogP contribution is -2.09. The van der Waals surface area contributed by atoms with Gasteiger partial charge in [0.25, 0.3) is 5.92 Å². The van der Waals surface area contributed by atoms with Crippen LogP contribution in [0.2, 0.25) is 0 Å². The van der Waals surface area contributed by atoms with Gasteiger partial charge in [0.1, 0.15) is 5.69 Å². The van der Waals surface area contributed by atoms with Gasteiger partial charge in [-0.05, 0) is 18.1 Å². The van der Waals surface area contributed by atoms with Crippen LogP contribution in [-0.4, -0.2) is 4.98 Å². The van der Waals surface area contributed by atoms with Crippen molar-refractivity contribution in [2.75, 3.05) is 0 Å². The fourth-order valence-corrected chi connectivity index (χ4v) is 1.38. The summed E-state index contributed by atoms with van der Waals surface area (Å²) in [6, 6.07) is 3.41. The van der Waals surface area contributed by atoms with Crippen LogP contribution in [0.25, 0.3) is 0 Å². The first-order valence-electron chi connectivity index (χ1n) is 3.52. The molecular formula is C8H7F2N. The van der Waals surface area contributed by atoms with Gasteiger partial charge >= 0.3 is 0 Å². The van der Waals surface area contributed by atoms with E-state index in [-0.39, 0.29) is 12.1 Å². The first-order valence-corrected chi connectivity index (χ1v) is 3.52. The second-order valence-corrected chi connectivity index (χ2v) is 2.72. The van der Waals surface area contributed by atoms with Gasteiger partial charge in [-0.15, -0.1) is 0 Å². The molecule has 0 bridgehead atoms. The molecule has 0 spiro atoms. The molecule has 11 heavy (non-hydrogen) atoms. The minimum Gasteiger partial charge on any atom is -0.255 e. The van der Waals surface area contributed by atoms with Gasteiger partial charge in [-0.25, -0.2) is 0 Å². The Balaban J connectivity index is 2.56. The molecule has 0 aliphatic heterocycles. The molecule has 1 aliphatic rings. The Bertz CT molecular complexity index is 283. The van der Waals surface area contributed by atoms with E-state index in [1.54, 1.807) is 12.1 Å². The zero-order valence-corrected chi connectivity index (χ0v) is 5.85. The van der Waals surface area contributed by atoms with Crippen LogP contribution in [0.5, 0.6) is 0 Å². The lowest BCUT2D eigenvalue weighted by molar-refractivity contribution is -0.00592. The summed E-state index contributed by atoms with van der Waals surface area (Å²) in [5.41, 5.74) is 0.664. The molecule has 0 unspecified atom stereocenters. The summed E-state index contributed by atoms with van der Waals surface area (Å²) in [7, 11) is 0. The summed E-state index contributed by atoms with van der Waals surface area (Å²) in [5.74, 6) is -2.68. The number of aryl methyl sites for hydroxylation is 1. The molecular weight excluding hydrogens is 148 g/mol. The number of halogens is 2. The third kappa shape index (κ3) is 0.914. The van der Waals surface area contributed by atoms with Gasteiger partial charge in [-0.2, -0.15) is 8.78 Å². The van der Waals surface area contributed by atoms with E-state index in [0.717, 1.165) is 0 Å². The summed E-state index contributed by atoms with van der Waals surface area (Å²) in [4.78, 5) is 3.66. The second-order valence-electron chi connectivity index (χ2n) is 2.72. The number of hydrogen-bond donors (Lipinski definition) is 0. The SMILES string of the molecule is FC1(F)CCc2cccnc21. The van der Waals surface area contributed by atoms with E-state index >= 15 is 0 Å². The number of aromatic nitrogens is 1. The molecule has 0 saturated heterocycles. The smallest absolute Gasteiger partial charge is 0.255 e. The molecule has 2 rings (SSSR count). The molecule has 1 nitrogen and oxygen atoms in total. The van der Waals surface area contributed by atoms with Crippen molar-refractivity contribution in [1.29, 1.82) is 0 Å². The van der Waals surface area contributed by atoms with E-state index in [1.807, 2.05) is 0 Å². The van der Waals surface area contributed by atoms with Gasteiger partial charge in [-0.3, -0.25) is 4.98 Å². The Morgan fingerprint density at radius 1 is 1.45 bits per heavy atom. The Hall–Kier alpha value is -0.990. The Labute approximate surface area is 63.1 Å². The van der Waals surface area contributed by atoms with Gasteiger partial charge in [0.15, 0.2) is 0 Å². The van der Waals surface area contributed by atoms with Crippen molar-refractivity contribution in [1.82, 2.24) is 4.98 Å². The van der Waals surface area contributed by atoms with Crippen LogP contribution < -0.4 is 0 Å². The first-order chi connectivity index (χ1) is 5.20. The number of fused-ring (bicyclic) bond motifs is 1. The standard InChI is InChI=1S/C8H7F2N/c9-8(10)4-3-6-2-1-5-11-7(6)8/h1-2,5H,3-4H2. The van der Waals surface area contributed by atoms with Crippen LogP contribution >= 0.6 is 0 Å². The summed E-state index contributed by atoms with van der Waals surface area (Å²) < 4.78 is 25.7. The predicted octanol–water partition coefficient (Wildman–Crippen LogP) is 2.12. The fraction of sp³-hybridized carbons (Fsp3) is 0.375. The normalized spacial score (nSPS) is 19.8. The van der Waals surface area contributed by atoms with E-state index in [2.05, 4.69) is 4.98 Å². The molecule has 0 amide bonds. The van der Waals surface area contributed by atoms with E-state index in [0.29, 0.717) is 12.0 Å². The highest BCUT2D eigenvalue weighted by molar-refractivity contribution is 5.28. The highest BCUT2D eigenvalue weighted by atomic mass is 19.3. The molecule has 0 radical (unpaired) electrons. The van der Waals surface area contributed by atoms with Gasteiger partial charge in [0.05, 0.1) is 0 Å². The van der Waals surface area contributed by atoms with Crippen LogP contribution in [0.4, 0.5) is 8.78 Å². The van der Waals surface area contributed by atoms with Crippen molar-refractivity contribution < 1.29 is 8.78 Å². The molecule has 0 fully saturated rings. The predicted molar refractivity (Wildman–Crippen MR) is 36.5 cm³/mol. The lowest BCUT2D eigenvalue weighted by Gasteiger charge is -2.06. The average Bonchev–Trinajstić information content (AvgIpc) is 2.29. The van der Waals surface area contributed by atoms with Crippen LogP contribution in [0.1, 0.15) is 17.7 Å². The van der Waals surface area contributed by atoms with Crippen LogP contribution in [0.15, 0.2) is 18.3 Å². The molecule has 0 aromatic carbocycles. The van der Waals surface area contributed by atoms with E-state index < -0.39 is 5.92 Å². The monoisotopic (exact) mass is 155 g/mol. The third-order valence-electron chi connectivity index (χ3n) is 1.95. The molecule has 1 aromatic rings. The van der Waals surface area contributed by atoms with E-state index in [1.165, 1.54) is 6.20 Å². The van der Waals surface area contributed by atoms with Crippen molar-refractivity contribution in [3.63, 3.8) is 0 Å². The van der Waals surface area contributed by atoms with Gasteiger partial charge < -0.3 is 0 Å². The number of alkyl halides is 2. The van der Waals surface area contributed by atoms with Gasteiger partial charge in [0.2, 0.25) is 0 Å². The zero-order chi connectivity index (χ0) is 7.90. The number of pyridine rings is 1. The quantitative estimate of drug-likeness (QED) is 0.559. The van der Waals surface area contributed by atoms with E-state index in [9.17, 15) is 8.78 Å². The largest absolute Gasteiger partial charge is 0.290 e. The van der Waals surface area contributed by atoms with Gasteiger partial charge in [0, 0.05) is 12.6 Å². The minimum atomic E-state index is -2.68. The zero-order valence-electron chi connectivity index (χ0n) is 5.85. The third-order valence-corrected chi connectivity index (χ3v) is 1.95. The van der Waals surface area contributed by atoms with Crippen LogP contribution in [0.3, 0.4) is 0 Å². The highest BCUT2D eigenvalue weighted by Crippen LogP contribution is 2.39. The lowest BCUT2D eigenvalue weighted by atomic mass is 10.2. The summed E-state index contributed by atoms with van der Waals surface area (Å²) >= 11 is 0. The highest BCUT2D eigenvalue weighted by Gasteiger charge is 2.40. The second kappa shape index (κ2) is 2.00. The average molecular weight is 155 g/mol. The summed E-state index contributed by atoms with van der Waals surface area (Å²) in [6.45, 7) is 0. The Morgan fingerprint density at radius 2 is 2.27 bits per heavy atom. The maximum atomic E-state index is 12.9. The van der Waals surface area contributed by atoms with Crippen LogP contribution in [-0.2, 0) is 12.3 Å². The molecule has 58 valence electrons. The molecule has 0 atom stereocenters. The molecule has 1 aliphatic carbocycles. The molecule has 0 saturated carbocycles. The topological polar surface area (TPSA) is 12.9 Å². The van der Waals surface area contributed by atoms with Gasteiger partial charge in [-0.1, -0.05) is 6.07 Å².